The van der Waals surface area contributed by atoms with Crippen molar-refractivity contribution >= 4 is 11.3 Å². The van der Waals surface area contributed by atoms with E-state index < -0.39 is 17.7 Å². The third-order valence-electron chi connectivity index (χ3n) is 6.93. The van der Waals surface area contributed by atoms with Crippen LogP contribution < -0.4 is 4.90 Å². The number of fused-ring (bicyclic) bond motifs is 1. The standard InChI is InChI=1S/C21H26F5N5/c22-20(23)6-11-29(12-7-20)15-3-8-30(9-4-15)16-5-10-31-17(13-14-1-2-14)27-28-19(31)18(16)21(24,25)26/h5,10,14-15H,1-4,6-9,11-13H2. The van der Waals surface area contributed by atoms with Gasteiger partial charge >= 0.3 is 6.18 Å². The third-order valence-corrected chi connectivity index (χ3v) is 6.93. The molecule has 0 amide bonds. The fourth-order valence-electron chi connectivity index (χ4n) is 4.94. The summed E-state index contributed by atoms with van der Waals surface area (Å²) >= 11 is 0. The molecule has 31 heavy (non-hydrogen) atoms. The maximum absolute atomic E-state index is 14.1. The fraction of sp³-hybridized carbons (Fsp3) is 0.714. The highest BCUT2D eigenvalue weighted by Crippen LogP contribution is 2.41. The Labute approximate surface area is 177 Å². The largest absolute Gasteiger partial charge is 0.422 e. The second-order valence-corrected chi connectivity index (χ2v) is 9.14. The summed E-state index contributed by atoms with van der Waals surface area (Å²) in [5.74, 6) is -1.52. The fourth-order valence-corrected chi connectivity index (χ4v) is 4.94. The van der Waals surface area contributed by atoms with Crippen LogP contribution in [0.15, 0.2) is 12.3 Å². The van der Waals surface area contributed by atoms with Gasteiger partial charge in [0.2, 0.25) is 0 Å². The first-order valence-corrected chi connectivity index (χ1v) is 11.0. The molecule has 170 valence electrons. The molecule has 5 rings (SSSR count). The summed E-state index contributed by atoms with van der Waals surface area (Å²) in [6.07, 6.45) is 0.967. The molecule has 2 aromatic rings. The Balaban J connectivity index is 1.35. The topological polar surface area (TPSA) is 36.7 Å². The molecule has 2 aromatic heterocycles. The van der Waals surface area contributed by atoms with Crippen molar-refractivity contribution in [2.75, 3.05) is 31.1 Å². The lowest BCUT2D eigenvalue weighted by molar-refractivity contribution is -0.136. The molecule has 0 radical (unpaired) electrons. The molecule has 3 fully saturated rings. The maximum Gasteiger partial charge on any atom is 0.422 e. The number of hydrogen-bond donors (Lipinski definition) is 0. The zero-order chi connectivity index (χ0) is 21.8. The van der Waals surface area contributed by atoms with Crippen LogP contribution in [-0.2, 0) is 12.6 Å². The molecule has 0 bridgehead atoms. The van der Waals surface area contributed by atoms with Gasteiger partial charge in [-0.3, -0.25) is 9.30 Å². The van der Waals surface area contributed by atoms with Crippen LogP contribution in [0.2, 0.25) is 0 Å². The molecule has 0 unspecified atom stereocenters. The van der Waals surface area contributed by atoms with Gasteiger partial charge in [-0.05, 0) is 37.7 Å². The van der Waals surface area contributed by atoms with Gasteiger partial charge in [-0.25, -0.2) is 8.78 Å². The van der Waals surface area contributed by atoms with Gasteiger partial charge in [0.1, 0.15) is 11.4 Å². The number of hydrogen-bond acceptors (Lipinski definition) is 4. The second-order valence-electron chi connectivity index (χ2n) is 9.14. The Morgan fingerprint density at radius 2 is 1.65 bits per heavy atom. The number of anilines is 1. The average molecular weight is 443 g/mol. The number of piperidine rings is 2. The normalized spacial score (nSPS) is 23.6. The number of nitrogens with zero attached hydrogens (tertiary/aromatic N) is 5. The van der Waals surface area contributed by atoms with Crippen LogP contribution >= 0.6 is 0 Å². The number of likely N-dealkylation sites (tertiary alicyclic amines) is 1. The van der Waals surface area contributed by atoms with E-state index in [1.54, 1.807) is 11.1 Å². The van der Waals surface area contributed by atoms with Gasteiger partial charge in [-0.1, -0.05) is 0 Å². The van der Waals surface area contributed by atoms with Crippen molar-refractivity contribution in [2.24, 2.45) is 5.92 Å². The lowest BCUT2D eigenvalue weighted by atomic mass is 9.98. The first-order chi connectivity index (χ1) is 14.7. The summed E-state index contributed by atoms with van der Waals surface area (Å²) in [6, 6.07) is 1.67. The van der Waals surface area contributed by atoms with Crippen molar-refractivity contribution < 1.29 is 22.0 Å². The summed E-state index contributed by atoms with van der Waals surface area (Å²) in [5, 5.41) is 7.96. The van der Waals surface area contributed by atoms with Crippen LogP contribution in [0.3, 0.4) is 0 Å². The molecule has 4 heterocycles. The van der Waals surface area contributed by atoms with E-state index in [2.05, 4.69) is 15.1 Å². The van der Waals surface area contributed by atoms with E-state index in [4.69, 9.17) is 0 Å². The Kier molecular flexibility index (Phi) is 5.10. The Bertz CT molecular complexity index is 934. The van der Waals surface area contributed by atoms with Gasteiger partial charge < -0.3 is 4.90 Å². The zero-order valence-corrected chi connectivity index (χ0v) is 17.2. The number of alkyl halides is 5. The van der Waals surface area contributed by atoms with Crippen molar-refractivity contribution in [3.05, 3.63) is 23.7 Å². The molecule has 0 N–H and O–H groups in total. The minimum Gasteiger partial charge on any atom is -0.371 e. The van der Waals surface area contributed by atoms with Gasteiger partial charge in [0, 0.05) is 57.7 Å². The summed E-state index contributed by atoms with van der Waals surface area (Å²) in [6.45, 7) is 1.61. The molecule has 0 aromatic carbocycles. The number of halogens is 5. The van der Waals surface area contributed by atoms with E-state index in [0.717, 1.165) is 12.8 Å². The Morgan fingerprint density at radius 1 is 0.968 bits per heavy atom. The van der Waals surface area contributed by atoms with Crippen molar-refractivity contribution in [3.63, 3.8) is 0 Å². The van der Waals surface area contributed by atoms with Crippen LogP contribution in [0, 0.1) is 5.92 Å². The van der Waals surface area contributed by atoms with Gasteiger partial charge in [0.15, 0.2) is 5.65 Å². The number of pyridine rings is 1. The predicted molar refractivity (Wildman–Crippen MR) is 105 cm³/mol. The van der Waals surface area contributed by atoms with Crippen LogP contribution in [-0.4, -0.2) is 57.6 Å². The van der Waals surface area contributed by atoms with Gasteiger partial charge in [-0.15, -0.1) is 10.2 Å². The predicted octanol–water partition coefficient (Wildman–Crippen LogP) is 4.40. The van der Waals surface area contributed by atoms with Gasteiger partial charge in [0.25, 0.3) is 5.92 Å². The summed E-state index contributed by atoms with van der Waals surface area (Å²) < 4.78 is 70.6. The highest BCUT2D eigenvalue weighted by molar-refractivity contribution is 5.67. The molecular weight excluding hydrogens is 417 g/mol. The monoisotopic (exact) mass is 443 g/mol. The molecule has 2 saturated heterocycles. The molecule has 1 saturated carbocycles. The number of rotatable bonds is 4. The third kappa shape index (κ3) is 4.23. The summed E-state index contributed by atoms with van der Waals surface area (Å²) in [5.41, 5.74) is -0.740. The molecular formula is C21H26F5N5. The maximum atomic E-state index is 14.1. The van der Waals surface area contributed by atoms with E-state index >= 15 is 0 Å². The van der Waals surface area contributed by atoms with E-state index in [1.807, 2.05) is 0 Å². The van der Waals surface area contributed by atoms with Crippen molar-refractivity contribution in [2.45, 2.75) is 63.1 Å². The molecule has 10 heteroatoms. The van der Waals surface area contributed by atoms with Crippen molar-refractivity contribution in [1.29, 1.82) is 0 Å². The Hall–Kier alpha value is -1.97. The minimum absolute atomic E-state index is 0.133. The van der Waals surface area contributed by atoms with Gasteiger partial charge in [0.05, 0.1) is 5.69 Å². The van der Waals surface area contributed by atoms with Crippen LogP contribution in [0.5, 0.6) is 0 Å². The second kappa shape index (κ2) is 7.56. The quantitative estimate of drug-likeness (QED) is 0.657. The summed E-state index contributed by atoms with van der Waals surface area (Å²) in [7, 11) is 0. The van der Waals surface area contributed by atoms with E-state index in [9.17, 15) is 22.0 Å². The Morgan fingerprint density at radius 3 is 2.26 bits per heavy atom. The van der Waals surface area contributed by atoms with Crippen LogP contribution in [0.4, 0.5) is 27.6 Å². The van der Waals surface area contributed by atoms with E-state index in [-0.39, 0.29) is 30.2 Å². The van der Waals surface area contributed by atoms with Crippen molar-refractivity contribution in [1.82, 2.24) is 19.5 Å². The lowest BCUT2D eigenvalue weighted by Gasteiger charge is -2.42. The SMILES string of the molecule is FC1(F)CCN(C2CCN(c3ccn4c(CC5CC5)nnc4c3C(F)(F)F)CC2)CC1. The highest BCUT2D eigenvalue weighted by Gasteiger charge is 2.41. The molecule has 2 aliphatic heterocycles. The average Bonchev–Trinajstić information content (AvgIpc) is 3.45. The first-order valence-electron chi connectivity index (χ1n) is 11.0. The molecule has 0 atom stereocenters. The van der Waals surface area contributed by atoms with Gasteiger partial charge in [-0.2, -0.15) is 13.2 Å². The first kappa shape index (κ1) is 20.9. The smallest absolute Gasteiger partial charge is 0.371 e. The number of aromatic nitrogens is 3. The van der Waals surface area contributed by atoms with E-state index in [1.165, 1.54) is 10.5 Å². The highest BCUT2D eigenvalue weighted by atomic mass is 19.4. The van der Waals surface area contributed by atoms with E-state index in [0.29, 0.717) is 57.2 Å². The molecule has 0 spiro atoms. The minimum atomic E-state index is -4.54. The van der Waals surface area contributed by atoms with Crippen LogP contribution in [0.25, 0.3) is 5.65 Å². The zero-order valence-electron chi connectivity index (χ0n) is 17.2. The molecule has 3 aliphatic rings. The van der Waals surface area contributed by atoms with Crippen molar-refractivity contribution in [3.8, 4) is 0 Å². The summed E-state index contributed by atoms with van der Waals surface area (Å²) in [4.78, 5) is 3.83. The lowest BCUT2D eigenvalue weighted by Crippen LogP contribution is -2.49. The molecule has 1 aliphatic carbocycles. The van der Waals surface area contributed by atoms with Crippen LogP contribution in [0.1, 0.15) is 49.9 Å². The molecule has 5 nitrogen and oxygen atoms in total.